The third-order valence-electron chi connectivity index (χ3n) is 5.62. The molecule has 6 heteroatoms. The number of halogens is 4. The summed E-state index contributed by atoms with van der Waals surface area (Å²) < 4.78 is 62.8. The average molecular weight is 416 g/mol. The topological polar surface area (TPSA) is 29.5 Å². The molecule has 1 saturated heterocycles. The van der Waals surface area contributed by atoms with Crippen molar-refractivity contribution in [3.8, 4) is 28.0 Å². The van der Waals surface area contributed by atoms with Gasteiger partial charge in [0.15, 0.2) is 23.2 Å². The Morgan fingerprint density at radius 1 is 0.733 bits per heavy atom. The zero-order valence-electron chi connectivity index (χ0n) is 16.3. The standard InChI is InChI=1S/C24H20F4O2/c1-13-2-3-16(12-30-13)19-9-8-17(21(25)22(19)26)14-4-6-15(7-5-14)18-10-11-20(29)24(28)23(18)27/h4-11,13,16,29H,2-3,12H2,1H3. The van der Waals surface area contributed by atoms with Crippen molar-refractivity contribution in [2.24, 2.45) is 0 Å². The highest BCUT2D eigenvalue weighted by molar-refractivity contribution is 5.71. The predicted octanol–water partition coefficient (Wildman–Crippen LogP) is 6.57. The number of aromatic hydroxyl groups is 1. The maximum atomic E-state index is 14.8. The molecule has 1 N–H and O–H groups in total. The minimum atomic E-state index is -1.33. The van der Waals surface area contributed by atoms with E-state index in [2.05, 4.69) is 0 Å². The summed E-state index contributed by atoms with van der Waals surface area (Å²) in [6, 6.07) is 11.4. The van der Waals surface area contributed by atoms with E-state index in [1.54, 1.807) is 6.07 Å². The summed E-state index contributed by atoms with van der Waals surface area (Å²) in [5.74, 6) is -5.29. The predicted molar refractivity (Wildman–Crippen MR) is 106 cm³/mol. The molecule has 2 unspecified atom stereocenters. The highest BCUT2D eigenvalue weighted by atomic mass is 19.2. The number of phenols is 1. The van der Waals surface area contributed by atoms with Crippen LogP contribution in [0, 0.1) is 23.3 Å². The Kier molecular flexibility index (Phi) is 5.52. The van der Waals surface area contributed by atoms with Crippen molar-refractivity contribution in [3.05, 3.63) is 77.4 Å². The normalized spacial score (nSPS) is 19.1. The highest BCUT2D eigenvalue weighted by Gasteiger charge is 2.25. The maximum Gasteiger partial charge on any atom is 0.200 e. The first-order valence-corrected chi connectivity index (χ1v) is 9.74. The van der Waals surface area contributed by atoms with E-state index in [0.717, 1.165) is 18.9 Å². The number of phenolic OH excluding ortho intramolecular Hbond substituents is 1. The van der Waals surface area contributed by atoms with Gasteiger partial charge >= 0.3 is 0 Å². The van der Waals surface area contributed by atoms with Gasteiger partial charge in [-0.25, -0.2) is 13.2 Å². The van der Waals surface area contributed by atoms with E-state index in [4.69, 9.17) is 4.74 Å². The second kappa shape index (κ2) is 8.11. The highest BCUT2D eigenvalue weighted by Crippen LogP contribution is 2.35. The number of hydrogen-bond donors (Lipinski definition) is 1. The number of ether oxygens (including phenoxy) is 1. The van der Waals surface area contributed by atoms with Gasteiger partial charge in [0.1, 0.15) is 0 Å². The Balaban J connectivity index is 1.63. The third-order valence-corrected chi connectivity index (χ3v) is 5.62. The lowest BCUT2D eigenvalue weighted by Gasteiger charge is -2.27. The maximum absolute atomic E-state index is 14.8. The summed E-state index contributed by atoms with van der Waals surface area (Å²) in [7, 11) is 0. The van der Waals surface area contributed by atoms with Crippen LogP contribution in [-0.2, 0) is 4.74 Å². The van der Waals surface area contributed by atoms with Crippen LogP contribution >= 0.6 is 0 Å². The lowest BCUT2D eigenvalue weighted by molar-refractivity contribution is 0.0147. The molecule has 0 spiro atoms. The van der Waals surface area contributed by atoms with Crippen molar-refractivity contribution in [3.63, 3.8) is 0 Å². The number of hydrogen-bond acceptors (Lipinski definition) is 2. The van der Waals surface area contributed by atoms with E-state index in [1.807, 2.05) is 6.92 Å². The Morgan fingerprint density at radius 3 is 1.87 bits per heavy atom. The molecule has 3 aromatic carbocycles. The van der Waals surface area contributed by atoms with E-state index >= 15 is 0 Å². The summed E-state index contributed by atoms with van der Waals surface area (Å²) in [5, 5.41) is 9.25. The van der Waals surface area contributed by atoms with Crippen molar-refractivity contribution in [1.29, 1.82) is 0 Å². The van der Waals surface area contributed by atoms with Crippen LogP contribution in [0.1, 0.15) is 31.2 Å². The molecule has 156 valence electrons. The molecule has 2 atom stereocenters. The SMILES string of the molecule is CC1CCC(c2ccc(-c3ccc(-c4ccc(O)c(F)c4F)cc3)c(F)c2F)CO1. The van der Waals surface area contributed by atoms with E-state index < -0.39 is 29.0 Å². The second-order valence-corrected chi connectivity index (χ2v) is 7.59. The Labute approximate surface area is 171 Å². The third kappa shape index (κ3) is 3.67. The minimum absolute atomic E-state index is 0.0367. The van der Waals surface area contributed by atoms with Gasteiger partial charge in [-0.2, -0.15) is 4.39 Å². The molecule has 0 radical (unpaired) electrons. The molecular weight excluding hydrogens is 396 g/mol. The molecule has 0 saturated carbocycles. The summed E-state index contributed by atoms with van der Waals surface area (Å²) in [6.45, 7) is 2.32. The molecule has 2 nitrogen and oxygen atoms in total. The largest absolute Gasteiger partial charge is 0.505 e. The lowest BCUT2D eigenvalue weighted by atomic mass is 9.89. The van der Waals surface area contributed by atoms with Gasteiger partial charge in [-0.15, -0.1) is 0 Å². The van der Waals surface area contributed by atoms with E-state index in [1.165, 1.54) is 36.4 Å². The van der Waals surface area contributed by atoms with Gasteiger partial charge < -0.3 is 9.84 Å². The van der Waals surface area contributed by atoms with Gasteiger partial charge in [-0.1, -0.05) is 36.4 Å². The average Bonchev–Trinajstić information content (AvgIpc) is 2.75. The number of benzene rings is 3. The fourth-order valence-corrected chi connectivity index (χ4v) is 3.82. The van der Waals surface area contributed by atoms with Crippen LogP contribution in [0.2, 0.25) is 0 Å². The molecule has 0 aliphatic carbocycles. The van der Waals surface area contributed by atoms with Crippen LogP contribution in [0.4, 0.5) is 17.6 Å². The Morgan fingerprint density at radius 2 is 1.30 bits per heavy atom. The molecule has 0 amide bonds. The van der Waals surface area contributed by atoms with Gasteiger partial charge in [-0.3, -0.25) is 0 Å². The van der Waals surface area contributed by atoms with Crippen LogP contribution < -0.4 is 0 Å². The van der Waals surface area contributed by atoms with Crippen molar-refractivity contribution >= 4 is 0 Å². The fraction of sp³-hybridized carbons (Fsp3) is 0.250. The quantitative estimate of drug-likeness (QED) is 0.490. The lowest BCUT2D eigenvalue weighted by Crippen LogP contribution is -2.23. The van der Waals surface area contributed by atoms with Gasteiger partial charge in [0.2, 0.25) is 5.82 Å². The van der Waals surface area contributed by atoms with Crippen LogP contribution in [0.3, 0.4) is 0 Å². The molecule has 1 fully saturated rings. The van der Waals surface area contributed by atoms with Crippen LogP contribution in [0.5, 0.6) is 5.75 Å². The van der Waals surface area contributed by atoms with E-state index in [-0.39, 0.29) is 23.1 Å². The fourth-order valence-electron chi connectivity index (χ4n) is 3.82. The van der Waals surface area contributed by atoms with Crippen molar-refractivity contribution in [2.45, 2.75) is 31.8 Å². The molecule has 0 aromatic heterocycles. The zero-order valence-corrected chi connectivity index (χ0v) is 16.3. The van der Waals surface area contributed by atoms with Crippen LogP contribution in [0.15, 0.2) is 48.5 Å². The molecule has 1 aliphatic heterocycles. The molecular formula is C24H20F4O2. The second-order valence-electron chi connectivity index (χ2n) is 7.59. The number of rotatable bonds is 3. The van der Waals surface area contributed by atoms with Gasteiger partial charge in [-0.05, 0) is 48.6 Å². The molecule has 0 bridgehead atoms. The van der Waals surface area contributed by atoms with Crippen molar-refractivity contribution < 1.29 is 27.4 Å². The first-order valence-electron chi connectivity index (χ1n) is 9.74. The molecule has 3 aromatic rings. The van der Waals surface area contributed by atoms with Gasteiger partial charge in [0.05, 0.1) is 12.7 Å². The molecule has 1 aliphatic rings. The zero-order chi connectivity index (χ0) is 21.4. The van der Waals surface area contributed by atoms with E-state index in [0.29, 0.717) is 23.3 Å². The first-order chi connectivity index (χ1) is 14.4. The Bertz CT molecular complexity index is 1070. The molecule has 30 heavy (non-hydrogen) atoms. The minimum Gasteiger partial charge on any atom is -0.505 e. The van der Waals surface area contributed by atoms with Crippen LogP contribution in [-0.4, -0.2) is 17.8 Å². The Hall–Kier alpha value is -2.86. The van der Waals surface area contributed by atoms with Crippen LogP contribution in [0.25, 0.3) is 22.3 Å². The molecule has 4 rings (SSSR count). The monoisotopic (exact) mass is 416 g/mol. The van der Waals surface area contributed by atoms with E-state index in [9.17, 15) is 22.7 Å². The summed E-state index contributed by atoms with van der Waals surface area (Å²) in [6.07, 6.45) is 1.66. The molecule has 1 heterocycles. The van der Waals surface area contributed by atoms with Crippen molar-refractivity contribution in [2.75, 3.05) is 6.61 Å². The van der Waals surface area contributed by atoms with Crippen molar-refractivity contribution in [1.82, 2.24) is 0 Å². The van der Waals surface area contributed by atoms with Gasteiger partial charge in [0.25, 0.3) is 0 Å². The summed E-state index contributed by atoms with van der Waals surface area (Å²) >= 11 is 0. The first kappa shape index (κ1) is 20.4. The summed E-state index contributed by atoms with van der Waals surface area (Å²) in [4.78, 5) is 0. The smallest absolute Gasteiger partial charge is 0.200 e. The summed E-state index contributed by atoms with van der Waals surface area (Å²) in [5.41, 5.74) is 1.12. The van der Waals surface area contributed by atoms with Gasteiger partial charge in [0, 0.05) is 17.0 Å².